The van der Waals surface area contributed by atoms with Crippen molar-refractivity contribution in [2.45, 2.75) is 0 Å². The van der Waals surface area contributed by atoms with Gasteiger partial charge in [0.05, 0.1) is 56.0 Å². The number of nitrogens with zero attached hydrogens (tertiary/aromatic N) is 6. The number of benzene rings is 7. The van der Waals surface area contributed by atoms with Crippen LogP contribution in [0.5, 0.6) is 5.75 Å². The minimum absolute atomic E-state index is 0.227. The molecule has 0 saturated carbocycles. The largest absolute Gasteiger partial charge is 0.507 e. The summed E-state index contributed by atoms with van der Waals surface area (Å²) in [6.45, 7) is 0. The molecule has 1 N–H and O–H groups in total. The number of hydrogen-bond donors (Lipinski definition) is 1. The summed E-state index contributed by atoms with van der Waals surface area (Å²) in [4.78, 5) is 9.71. The van der Waals surface area contributed by atoms with Gasteiger partial charge in [-0.05, 0) is 84.4 Å². The molecule has 12 aromatic rings. The molecule has 0 aliphatic carbocycles. The van der Waals surface area contributed by atoms with Gasteiger partial charge in [0.2, 0.25) is 5.78 Å². The molecule has 0 saturated heterocycles. The lowest BCUT2D eigenvalue weighted by molar-refractivity contribution is 0.477. The van der Waals surface area contributed by atoms with Crippen LogP contribution in [0.1, 0.15) is 0 Å². The Labute approximate surface area is 313 Å². The molecule has 258 valence electrons. The van der Waals surface area contributed by atoms with E-state index in [1.807, 2.05) is 30.6 Å². The molecule has 0 unspecified atom stereocenters. The average molecular weight is 707 g/mol. The number of pyridine rings is 1. The van der Waals surface area contributed by atoms with E-state index in [0.29, 0.717) is 0 Å². The van der Waals surface area contributed by atoms with Gasteiger partial charge in [-0.25, -0.2) is 4.98 Å². The zero-order valence-corrected chi connectivity index (χ0v) is 29.4. The van der Waals surface area contributed by atoms with Crippen molar-refractivity contribution in [3.05, 3.63) is 176 Å². The molecule has 0 aliphatic heterocycles. The Morgan fingerprint density at radius 3 is 1.89 bits per heavy atom. The van der Waals surface area contributed by atoms with Crippen LogP contribution in [0.25, 0.3) is 99.6 Å². The maximum absolute atomic E-state index is 11.5. The Kier molecular flexibility index (Phi) is 6.08. The third-order valence-corrected chi connectivity index (χ3v) is 11.2. The van der Waals surface area contributed by atoms with Crippen LogP contribution in [-0.4, -0.2) is 33.2 Å². The van der Waals surface area contributed by atoms with E-state index in [9.17, 15) is 5.11 Å². The molecule has 55 heavy (non-hydrogen) atoms. The van der Waals surface area contributed by atoms with Gasteiger partial charge in [-0.15, -0.1) is 0 Å². The number of imidazole rings is 2. The standard InChI is InChI=1S/C48H30N6O/c55-46-24-23-32(28-36(46)30-11-9-12-31(27-30)51-38-17-5-1-13-33(38)34-14-2-6-18-39(34)51)52-40-19-7-3-15-35(40)47-43(52)21-10-22-44(47)54-45-29-49-26-25-42(45)53-41-20-8-4-16-37(41)50-48(53)54/h1-29,55H. The summed E-state index contributed by atoms with van der Waals surface area (Å²) in [5, 5.41) is 16.1. The monoisotopic (exact) mass is 706 g/mol. The Balaban J connectivity index is 1.08. The van der Waals surface area contributed by atoms with E-state index in [1.54, 1.807) is 0 Å². The normalized spacial score (nSPS) is 12.1. The molecule has 7 aromatic carbocycles. The second kappa shape index (κ2) is 11.2. The van der Waals surface area contributed by atoms with Crippen LogP contribution in [0.15, 0.2) is 176 Å². The molecule has 7 heteroatoms. The van der Waals surface area contributed by atoms with Crippen LogP contribution < -0.4 is 0 Å². The van der Waals surface area contributed by atoms with Crippen molar-refractivity contribution < 1.29 is 5.11 Å². The van der Waals surface area contributed by atoms with E-state index < -0.39 is 0 Å². The summed E-state index contributed by atoms with van der Waals surface area (Å²) >= 11 is 0. The van der Waals surface area contributed by atoms with Gasteiger partial charge in [0, 0.05) is 44.7 Å². The van der Waals surface area contributed by atoms with Crippen LogP contribution in [-0.2, 0) is 0 Å². The van der Waals surface area contributed by atoms with Crippen LogP contribution >= 0.6 is 0 Å². The van der Waals surface area contributed by atoms with Gasteiger partial charge in [0.1, 0.15) is 5.75 Å². The third-order valence-electron chi connectivity index (χ3n) is 11.2. The first-order chi connectivity index (χ1) is 27.2. The number of phenols is 1. The molecule has 0 aliphatic rings. The van der Waals surface area contributed by atoms with Gasteiger partial charge in [-0.2, -0.15) is 0 Å². The predicted octanol–water partition coefficient (Wildman–Crippen LogP) is 11.4. The quantitative estimate of drug-likeness (QED) is 0.198. The fourth-order valence-corrected chi connectivity index (χ4v) is 8.86. The number of phenolic OH excluding ortho intramolecular Hbond substituents is 1. The zero-order chi connectivity index (χ0) is 36.2. The Morgan fingerprint density at radius 2 is 1.09 bits per heavy atom. The molecule has 0 radical (unpaired) electrons. The van der Waals surface area contributed by atoms with Gasteiger partial charge in [-0.1, -0.05) is 84.9 Å². The molecule has 0 bridgehead atoms. The first-order valence-electron chi connectivity index (χ1n) is 18.4. The molecule has 7 nitrogen and oxygen atoms in total. The number of rotatable bonds is 4. The highest BCUT2D eigenvalue weighted by Gasteiger charge is 2.22. The average Bonchev–Trinajstić information content (AvgIpc) is 3.97. The van der Waals surface area contributed by atoms with E-state index >= 15 is 0 Å². The van der Waals surface area contributed by atoms with Gasteiger partial charge in [-0.3, -0.25) is 14.0 Å². The first kappa shape index (κ1) is 29.9. The molecule has 5 heterocycles. The SMILES string of the molecule is Oc1ccc(-n2c3ccccc3c3c(-n4c5cnccc5n5c6ccccc6nc45)cccc32)cc1-c1cccc(-n2c3ccccc3c3ccccc32)c1. The van der Waals surface area contributed by atoms with E-state index in [4.69, 9.17) is 4.98 Å². The number of aromatic hydroxyl groups is 1. The fourth-order valence-electron chi connectivity index (χ4n) is 8.86. The van der Waals surface area contributed by atoms with Gasteiger partial charge in [0.25, 0.3) is 0 Å². The van der Waals surface area contributed by atoms with E-state index in [0.717, 1.165) is 88.9 Å². The van der Waals surface area contributed by atoms with Gasteiger partial charge in [0.15, 0.2) is 0 Å². The summed E-state index contributed by atoms with van der Waals surface area (Å²) in [5.41, 5.74) is 13.1. The van der Waals surface area contributed by atoms with Crippen LogP contribution in [0.4, 0.5) is 0 Å². The first-order valence-corrected chi connectivity index (χ1v) is 18.4. The summed E-state index contributed by atoms with van der Waals surface area (Å²) in [6.07, 6.45) is 3.77. The molecule has 0 amide bonds. The Bertz CT molecular complexity index is 3470. The molecule has 12 rings (SSSR count). The van der Waals surface area contributed by atoms with Crippen molar-refractivity contribution in [3.8, 4) is 33.9 Å². The second-order valence-corrected chi connectivity index (χ2v) is 14.1. The fraction of sp³-hybridized carbons (Fsp3) is 0. The number of hydrogen-bond acceptors (Lipinski definition) is 3. The van der Waals surface area contributed by atoms with Gasteiger partial charge >= 0.3 is 0 Å². The van der Waals surface area contributed by atoms with Gasteiger partial charge < -0.3 is 14.2 Å². The molecule has 0 fully saturated rings. The highest BCUT2D eigenvalue weighted by atomic mass is 16.3. The van der Waals surface area contributed by atoms with E-state index in [-0.39, 0.29) is 5.75 Å². The Morgan fingerprint density at radius 1 is 0.455 bits per heavy atom. The van der Waals surface area contributed by atoms with Crippen molar-refractivity contribution in [2.75, 3.05) is 0 Å². The molecule has 0 atom stereocenters. The van der Waals surface area contributed by atoms with Crippen molar-refractivity contribution in [3.63, 3.8) is 0 Å². The van der Waals surface area contributed by atoms with Crippen LogP contribution in [0, 0.1) is 0 Å². The highest BCUT2D eigenvalue weighted by Crippen LogP contribution is 2.41. The molecule has 5 aromatic heterocycles. The molecular formula is C48H30N6O. The zero-order valence-electron chi connectivity index (χ0n) is 29.4. The lowest BCUT2D eigenvalue weighted by atomic mass is 10.0. The van der Waals surface area contributed by atoms with Crippen molar-refractivity contribution >= 4 is 71.5 Å². The van der Waals surface area contributed by atoms with E-state index in [2.05, 4.69) is 169 Å². The van der Waals surface area contributed by atoms with Crippen molar-refractivity contribution in [1.29, 1.82) is 0 Å². The number of fused-ring (bicyclic) bond motifs is 11. The lowest BCUT2D eigenvalue weighted by Crippen LogP contribution is -1.98. The third kappa shape index (κ3) is 4.14. The Hall–Kier alpha value is -7.64. The lowest BCUT2D eigenvalue weighted by Gasteiger charge is -2.14. The summed E-state index contributed by atoms with van der Waals surface area (Å²) in [6, 6.07) is 56.8. The minimum atomic E-state index is 0.227. The summed E-state index contributed by atoms with van der Waals surface area (Å²) < 4.78 is 9.08. The smallest absolute Gasteiger partial charge is 0.220 e. The van der Waals surface area contributed by atoms with Crippen molar-refractivity contribution in [2.24, 2.45) is 0 Å². The highest BCUT2D eigenvalue weighted by molar-refractivity contribution is 6.14. The van der Waals surface area contributed by atoms with Crippen molar-refractivity contribution in [1.82, 2.24) is 28.1 Å². The predicted molar refractivity (Wildman–Crippen MR) is 223 cm³/mol. The summed E-state index contributed by atoms with van der Waals surface area (Å²) in [5.74, 6) is 1.06. The number of aromatic nitrogens is 6. The second-order valence-electron chi connectivity index (χ2n) is 14.1. The maximum atomic E-state index is 11.5. The maximum Gasteiger partial charge on any atom is 0.220 e. The molecule has 0 spiro atoms. The summed E-state index contributed by atoms with van der Waals surface area (Å²) in [7, 11) is 0. The van der Waals surface area contributed by atoms with Crippen LogP contribution in [0.3, 0.4) is 0 Å². The van der Waals surface area contributed by atoms with Crippen LogP contribution in [0.2, 0.25) is 0 Å². The van der Waals surface area contributed by atoms with E-state index in [1.165, 1.54) is 10.8 Å². The topological polar surface area (TPSA) is 65.2 Å². The molecular weight excluding hydrogens is 677 g/mol. The number of para-hydroxylation sites is 5. The minimum Gasteiger partial charge on any atom is -0.507 e.